The number of rotatable bonds is 5. The van der Waals surface area contributed by atoms with Gasteiger partial charge < -0.3 is 20.1 Å². The minimum absolute atomic E-state index is 0.0322. The van der Waals surface area contributed by atoms with E-state index in [1.165, 1.54) is 24.3 Å². The number of halogens is 3. The summed E-state index contributed by atoms with van der Waals surface area (Å²) in [6.45, 7) is 4.76. The highest BCUT2D eigenvalue weighted by atomic mass is 32.1. The number of ether oxygens (including phenoxy) is 1. The van der Waals surface area contributed by atoms with E-state index in [0.717, 1.165) is 30.5 Å². The number of carboxylic acid groups (broad SMARTS) is 1. The molecule has 0 unspecified atom stereocenters. The predicted molar refractivity (Wildman–Crippen MR) is 126 cm³/mol. The fourth-order valence-electron chi connectivity index (χ4n) is 4.00. The van der Waals surface area contributed by atoms with Crippen molar-refractivity contribution in [3.05, 3.63) is 41.5 Å². The average Bonchev–Trinajstić information content (AvgIpc) is 3.22. The number of pyridine rings is 1. The first-order chi connectivity index (χ1) is 16.8. The number of hydrogen-bond acceptors (Lipinski definition) is 8. The Morgan fingerprint density at radius 2 is 1.89 bits per heavy atom. The Kier molecular flexibility index (Phi) is 5.93. The van der Waals surface area contributed by atoms with Crippen LogP contribution >= 0.6 is 11.3 Å². The van der Waals surface area contributed by atoms with Crippen molar-refractivity contribution in [2.45, 2.75) is 13.1 Å². The van der Waals surface area contributed by atoms with E-state index < -0.39 is 17.7 Å². The van der Waals surface area contributed by atoms with E-state index in [4.69, 9.17) is 9.84 Å². The molecule has 1 aromatic carbocycles. The molecular weight excluding hydrogens is 483 g/mol. The predicted octanol–water partition coefficient (Wildman–Crippen LogP) is 4.43. The summed E-state index contributed by atoms with van der Waals surface area (Å²) in [7, 11) is 0. The number of carbonyl (C=O) groups is 1. The summed E-state index contributed by atoms with van der Waals surface area (Å²) in [4.78, 5) is 26.8. The molecule has 4 heterocycles. The van der Waals surface area contributed by atoms with Crippen LogP contribution in [0.5, 0.6) is 5.88 Å². The number of hydrogen-bond donors (Lipinski definition) is 2. The minimum atomic E-state index is -4.67. The zero-order chi connectivity index (χ0) is 24.7. The van der Waals surface area contributed by atoms with Crippen molar-refractivity contribution in [1.82, 2.24) is 20.3 Å². The van der Waals surface area contributed by atoms with Crippen molar-refractivity contribution in [2.75, 3.05) is 37.7 Å². The normalized spacial score (nSPS) is 14.6. The quantitative estimate of drug-likeness (QED) is 0.413. The van der Waals surface area contributed by atoms with E-state index >= 15 is 0 Å². The molecule has 1 aliphatic heterocycles. The molecule has 5 rings (SSSR count). The monoisotopic (exact) mass is 503 g/mol. The van der Waals surface area contributed by atoms with Gasteiger partial charge in [0.05, 0.1) is 28.8 Å². The maximum atomic E-state index is 14.3. The molecule has 4 aromatic rings. The van der Waals surface area contributed by atoms with Crippen molar-refractivity contribution >= 4 is 43.7 Å². The Labute approximate surface area is 201 Å². The molecule has 0 atom stereocenters. The molecule has 3 aromatic heterocycles. The summed E-state index contributed by atoms with van der Waals surface area (Å²) in [5.41, 5.74) is -0.216. The molecule has 0 spiro atoms. The van der Waals surface area contributed by atoms with Crippen LogP contribution in [0.25, 0.3) is 31.7 Å². The third-order valence-corrected chi connectivity index (χ3v) is 6.72. The topological polar surface area (TPSA) is 100 Å². The summed E-state index contributed by atoms with van der Waals surface area (Å²) in [6, 6.07) is 6.54. The lowest BCUT2D eigenvalue weighted by Crippen LogP contribution is -2.44. The molecule has 1 aliphatic rings. The standard InChI is InChI=1S/C23H20F3N5O3S/c1-2-34-19-18-17(29-22(30-19)31-9-7-27-8-10-31)16-14(23(24,25)26)11-15(28-20(16)35-18)12-3-5-13(6-4-12)21(32)33/h3-6,11,27H,2,7-10H2,1H3,(H,32,33). The Bertz CT molecular complexity index is 1420. The molecule has 0 aliphatic carbocycles. The Hall–Kier alpha value is -3.51. The SMILES string of the molecule is CCOc1nc(N2CCNCC2)nc2c1sc1nc(-c3ccc(C(=O)O)cc3)cc(C(F)(F)F)c12. The van der Waals surface area contributed by atoms with Gasteiger partial charge in [-0.3, -0.25) is 0 Å². The lowest BCUT2D eigenvalue weighted by molar-refractivity contribution is -0.136. The third-order valence-electron chi connectivity index (χ3n) is 5.66. The number of thiophene rings is 1. The Morgan fingerprint density at radius 3 is 2.51 bits per heavy atom. The zero-order valence-electron chi connectivity index (χ0n) is 18.5. The number of alkyl halides is 3. The number of fused-ring (bicyclic) bond motifs is 3. The highest BCUT2D eigenvalue weighted by Gasteiger charge is 2.36. The van der Waals surface area contributed by atoms with Crippen LogP contribution in [0.3, 0.4) is 0 Å². The summed E-state index contributed by atoms with van der Waals surface area (Å²) < 4.78 is 49.0. The fourth-order valence-corrected chi connectivity index (χ4v) is 5.08. The molecule has 1 fully saturated rings. The highest BCUT2D eigenvalue weighted by Crippen LogP contribution is 2.45. The molecule has 0 amide bonds. The minimum Gasteiger partial charge on any atom is -0.478 e. The number of aromatic nitrogens is 3. The van der Waals surface area contributed by atoms with Crippen molar-refractivity contribution in [3.63, 3.8) is 0 Å². The first-order valence-corrected chi connectivity index (χ1v) is 11.7. The third kappa shape index (κ3) is 4.34. The fraction of sp³-hybridized carbons (Fsp3) is 0.304. The van der Waals surface area contributed by atoms with E-state index in [1.54, 1.807) is 6.92 Å². The molecule has 12 heteroatoms. The summed E-state index contributed by atoms with van der Waals surface area (Å²) in [5.74, 6) is -0.569. The van der Waals surface area contributed by atoms with Crippen LogP contribution < -0.4 is 15.0 Å². The molecule has 35 heavy (non-hydrogen) atoms. The average molecular weight is 504 g/mol. The molecule has 1 saturated heterocycles. The lowest BCUT2D eigenvalue weighted by Gasteiger charge is -2.27. The number of carboxylic acids is 1. The second kappa shape index (κ2) is 8.93. The number of nitrogens with zero attached hydrogens (tertiary/aromatic N) is 4. The molecule has 0 bridgehead atoms. The van der Waals surface area contributed by atoms with Gasteiger partial charge in [-0.2, -0.15) is 18.2 Å². The van der Waals surface area contributed by atoms with Crippen molar-refractivity contribution in [2.24, 2.45) is 0 Å². The molecule has 2 N–H and O–H groups in total. The summed E-state index contributed by atoms with van der Waals surface area (Å²) in [6.07, 6.45) is -4.67. The molecular formula is C23H20F3N5O3S. The molecule has 0 saturated carbocycles. The van der Waals surface area contributed by atoms with Crippen LogP contribution in [-0.2, 0) is 6.18 Å². The Morgan fingerprint density at radius 1 is 1.17 bits per heavy atom. The van der Waals surface area contributed by atoms with E-state index in [0.29, 0.717) is 35.9 Å². The number of anilines is 1. The van der Waals surface area contributed by atoms with Crippen molar-refractivity contribution < 1.29 is 27.8 Å². The van der Waals surface area contributed by atoms with Gasteiger partial charge in [-0.05, 0) is 25.1 Å². The molecule has 0 radical (unpaired) electrons. The van der Waals surface area contributed by atoms with Gasteiger partial charge in [-0.1, -0.05) is 12.1 Å². The van der Waals surface area contributed by atoms with Gasteiger partial charge in [0, 0.05) is 31.7 Å². The van der Waals surface area contributed by atoms with Crippen LogP contribution in [0.2, 0.25) is 0 Å². The van der Waals surface area contributed by atoms with Crippen molar-refractivity contribution in [1.29, 1.82) is 0 Å². The highest BCUT2D eigenvalue weighted by molar-refractivity contribution is 7.25. The summed E-state index contributed by atoms with van der Waals surface area (Å²) in [5, 5.41) is 12.2. The zero-order valence-corrected chi connectivity index (χ0v) is 19.3. The van der Waals surface area contributed by atoms with Crippen LogP contribution in [0.4, 0.5) is 19.1 Å². The Balaban J connectivity index is 1.75. The first kappa shape index (κ1) is 23.2. The van der Waals surface area contributed by atoms with Gasteiger partial charge in [0.1, 0.15) is 15.0 Å². The second-order valence-electron chi connectivity index (χ2n) is 7.89. The van der Waals surface area contributed by atoms with Gasteiger partial charge in [-0.25, -0.2) is 14.8 Å². The lowest BCUT2D eigenvalue weighted by atomic mass is 10.0. The van der Waals surface area contributed by atoms with Crippen molar-refractivity contribution in [3.8, 4) is 17.1 Å². The van der Waals surface area contributed by atoms with E-state index in [-0.39, 0.29) is 32.9 Å². The number of piperazine rings is 1. The van der Waals surface area contributed by atoms with Gasteiger partial charge in [0.15, 0.2) is 0 Å². The van der Waals surface area contributed by atoms with E-state index in [1.807, 2.05) is 4.90 Å². The smallest absolute Gasteiger partial charge is 0.417 e. The van der Waals surface area contributed by atoms with E-state index in [2.05, 4.69) is 20.3 Å². The maximum absolute atomic E-state index is 14.3. The number of aromatic carboxylic acids is 1. The van der Waals surface area contributed by atoms with Gasteiger partial charge in [0.25, 0.3) is 0 Å². The van der Waals surface area contributed by atoms with E-state index in [9.17, 15) is 18.0 Å². The molecule has 8 nitrogen and oxygen atoms in total. The van der Waals surface area contributed by atoms with Crippen LogP contribution in [-0.4, -0.2) is 58.8 Å². The van der Waals surface area contributed by atoms with Gasteiger partial charge >= 0.3 is 12.1 Å². The summed E-state index contributed by atoms with van der Waals surface area (Å²) >= 11 is 1.04. The molecule has 182 valence electrons. The number of benzene rings is 1. The maximum Gasteiger partial charge on any atom is 0.417 e. The second-order valence-corrected chi connectivity index (χ2v) is 8.89. The first-order valence-electron chi connectivity index (χ1n) is 10.9. The van der Waals surface area contributed by atoms with Crippen LogP contribution in [0.1, 0.15) is 22.8 Å². The van der Waals surface area contributed by atoms with Crippen LogP contribution in [0, 0.1) is 0 Å². The van der Waals surface area contributed by atoms with Crippen LogP contribution in [0.15, 0.2) is 30.3 Å². The van der Waals surface area contributed by atoms with Gasteiger partial charge in [0.2, 0.25) is 11.8 Å². The van der Waals surface area contributed by atoms with Gasteiger partial charge in [-0.15, -0.1) is 11.3 Å². The largest absolute Gasteiger partial charge is 0.478 e. The number of nitrogens with one attached hydrogen (secondary N) is 1.